The van der Waals surface area contributed by atoms with Crippen LogP contribution in [0.15, 0.2) is 30.3 Å². The number of benzene rings is 1. The maximum atomic E-state index is 12.7. The fourth-order valence-corrected chi connectivity index (χ4v) is 3.82. The summed E-state index contributed by atoms with van der Waals surface area (Å²) in [5, 5.41) is 3.45. The normalized spacial score (nSPS) is 22.0. The van der Waals surface area contributed by atoms with Crippen LogP contribution < -0.4 is 5.32 Å². The highest BCUT2D eigenvalue weighted by Gasteiger charge is 2.37. The Morgan fingerprint density at radius 1 is 1.09 bits per heavy atom. The molecule has 0 saturated carbocycles. The Hall–Kier alpha value is -1.06. The number of nitrogens with zero attached hydrogens (tertiary/aromatic N) is 1. The summed E-state index contributed by atoms with van der Waals surface area (Å²) in [4.78, 5) is 14.8. The molecule has 2 saturated heterocycles. The molecule has 2 aliphatic rings. The van der Waals surface area contributed by atoms with Crippen molar-refractivity contribution in [2.75, 3.05) is 26.2 Å². The summed E-state index contributed by atoms with van der Waals surface area (Å²) in [6.07, 6.45) is 4.93. The number of carbonyl (C=O) groups is 1. The molecular formula is C18H27ClN2O. The first-order valence-electron chi connectivity index (χ1n) is 8.25. The molecule has 0 aliphatic carbocycles. The highest BCUT2D eigenvalue weighted by atomic mass is 35.5. The van der Waals surface area contributed by atoms with Crippen molar-refractivity contribution >= 4 is 18.3 Å². The first kappa shape index (κ1) is 17.3. The van der Waals surface area contributed by atoms with Crippen LogP contribution in [-0.2, 0) is 4.79 Å². The molecule has 1 aromatic carbocycles. The zero-order valence-corrected chi connectivity index (χ0v) is 14.2. The maximum absolute atomic E-state index is 12.7. The molecule has 1 N–H and O–H groups in total. The summed E-state index contributed by atoms with van der Waals surface area (Å²) in [5.41, 5.74) is 1.64. The van der Waals surface area contributed by atoms with Crippen molar-refractivity contribution in [2.45, 2.75) is 38.5 Å². The minimum Gasteiger partial charge on any atom is -0.342 e. The molecule has 3 rings (SSSR count). The standard InChI is InChI=1S/C18H26N2O.ClH/c1-15(16-5-3-2-4-6-16)17(21)20-13-9-18(10-14-20)7-11-19-12-8-18;/h2-6,15,19H,7-14H2,1H3;1H. The van der Waals surface area contributed by atoms with E-state index >= 15 is 0 Å². The van der Waals surface area contributed by atoms with Gasteiger partial charge in [0, 0.05) is 13.1 Å². The molecule has 2 aliphatic heterocycles. The lowest BCUT2D eigenvalue weighted by Crippen LogP contribution is -2.48. The highest BCUT2D eigenvalue weighted by molar-refractivity contribution is 5.85. The first-order chi connectivity index (χ1) is 10.2. The average Bonchev–Trinajstić information content (AvgIpc) is 2.56. The van der Waals surface area contributed by atoms with Crippen LogP contribution in [0.4, 0.5) is 0 Å². The minimum absolute atomic E-state index is 0. The summed E-state index contributed by atoms with van der Waals surface area (Å²) in [6, 6.07) is 10.1. The minimum atomic E-state index is -0.0201. The maximum Gasteiger partial charge on any atom is 0.229 e. The third-order valence-electron chi connectivity index (χ3n) is 5.47. The monoisotopic (exact) mass is 322 g/mol. The van der Waals surface area contributed by atoms with Crippen molar-refractivity contribution < 1.29 is 4.79 Å². The topological polar surface area (TPSA) is 32.3 Å². The summed E-state index contributed by atoms with van der Waals surface area (Å²) >= 11 is 0. The molecule has 1 atom stereocenters. The molecule has 0 radical (unpaired) electrons. The molecule has 0 bridgehead atoms. The quantitative estimate of drug-likeness (QED) is 0.907. The van der Waals surface area contributed by atoms with E-state index in [1.807, 2.05) is 25.1 Å². The van der Waals surface area contributed by atoms with Gasteiger partial charge < -0.3 is 10.2 Å². The fraction of sp³-hybridized carbons (Fsp3) is 0.611. The Balaban J connectivity index is 0.00000176. The van der Waals surface area contributed by atoms with E-state index in [0.717, 1.165) is 31.7 Å². The lowest BCUT2D eigenvalue weighted by atomic mass is 9.71. The van der Waals surface area contributed by atoms with Crippen molar-refractivity contribution in [1.82, 2.24) is 10.2 Å². The Kier molecular flexibility index (Phi) is 5.87. The smallest absolute Gasteiger partial charge is 0.229 e. The largest absolute Gasteiger partial charge is 0.342 e. The number of hydrogen-bond acceptors (Lipinski definition) is 2. The van der Waals surface area contributed by atoms with Gasteiger partial charge in [-0.25, -0.2) is 0 Å². The highest BCUT2D eigenvalue weighted by Crippen LogP contribution is 2.40. The van der Waals surface area contributed by atoms with Crippen molar-refractivity contribution in [1.29, 1.82) is 0 Å². The van der Waals surface area contributed by atoms with Crippen LogP contribution in [0, 0.1) is 5.41 Å². The number of rotatable bonds is 2. The predicted octanol–water partition coefficient (Wildman–Crippen LogP) is 3.20. The number of likely N-dealkylation sites (tertiary alicyclic amines) is 1. The van der Waals surface area contributed by atoms with Crippen molar-refractivity contribution in [3.05, 3.63) is 35.9 Å². The van der Waals surface area contributed by atoms with E-state index in [-0.39, 0.29) is 18.3 Å². The van der Waals surface area contributed by atoms with Gasteiger partial charge in [0.05, 0.1) is 5.92 Å². The SMILES string of the molecule is CC(C(=O)N1CCC2(CCNCC2)CC1)c1ccccc1.Cl. The van der Waals surface area contributed by atoms with Crippen LogP contribution >= 0.6 is 12.4 Å². The van der Waals surface area contributed by atoms with Gasteiger partial charge in [0.1, 0.15) is 0 Å². The number of halogens is 1. The lowest BCUT2D eigenvalue weighted by molar-refractivity contribution is -0.135. The van der Waals surface area contributed by atoms with Crippen LogP contribution in [-0.4, -0.2) is 37.0 Å². The van der Waals surface area contributed by atoms with E-state index in [1.54, 1.807) is 0 Å². The second kappa shape index (κ2) is 7.47. The molecule has 122 valence electrons. The van der Waals surface area contributed by atoms with Crippen LogP contribution in [0.25, 0.3) is 0 Å². The lowest BCUT2D eigenvalue weighted by Gasteiger charge is -2.45. The summed E-state index contributed by atoms with van der Waals surface area (Å²) in [7, 11) is 0. The van der Waals surface area contributed by atoms with Gasteiger partial charge in [-0.15, -0.1) is 12.4 Å². The third kappa shape index (κ3) is 3.64. The Labute approximate surface area is 139 Å². The Morgan fingerprint density at radius 3 is 2.27 bits per heavy atom. The summed E-state index contributed by atoms with van der Waals surface area (Å²) in [5.74, 6) is 0.276. The number of amides is 1. The zero-order chi connectivity index (χ0) is 14.7. The van der Waals surface area contributed by atoms with Gasteiger partial charge in [-0.3, -0.25) is 4.79 Å². The molecule has 1 aromatic rings. The fourth-order valence-electron chi connectivity index (χ4n) is 3.82. The van der Waals surface area contributed by atoms with Gasteiger partial charge in [-0.1, -0.05) is 30.3 Å². The summed E-state index contributed by atoms with van der Waals surface area (Å²) < 4.78 is 0. The summed E-state index contributed by atoms with van der Waals surface area (Å²) in [6.45, 7) is 6.21. The average molecular weight is 323 g/mol. The Bertz CT molecular complexity index is 475. The van der Waals surface area contributed by atoms with Crippen LogP contribution in [0.1, 0.15) is 44.1 Å². The van der Waals surface area contributed by atoms with Crippen LogP contribution in [0.2, 0.25) is 0 Å². The molecule has 3 nitrogen and oxygen atoms in total. The predicted molar refractivity (Wildman–Crippen MR) is 92.5 cm³/mol. The first-order valence-corrected chi connectivity index (χ1v) is 8.25. The van der Waals surface area contributed by atoms with Gasteiger partial charge >= 0.3 is 0 Å². The van der Waals surface area contributed by atoms with Gasteiger partial charge in [-0.05, 0) is 56.7 Å². The molecular weight excluding hydrogens is 296 g/mol. The van der Waals surface area contributed by atoms with E-state index in [2.05, 4.69) is 22.3 Å². The second-order valence-electron chi connectivity index (χ2n) is 6.71. The van der Waals surface area contributed by atoms with Gasteiger partial charge in [-0.2, -0.15) is 0 Å². The molecule has 4 heteroatoms. The molecule has 1 amide bonds. The molecule has 1 unspecified atom stereocenters. The molecule has 0 aromatic heterocycles. The molecule has 2 heterocycles. The van der Waals surface area contributed by atoms with E-state index in [1.165, 1.54) is 25.7 Å². The number of nitrogens with one attached hydrogen (secondary N) is 1. The van der Waals surface area contributed by atoms with Crippen molar-refractivity contribution in [3.8, 4) is 0 Å². The number of piperidine rings is 2. The van der Waals surface area contributed by atoms with Gasteiger partial charge in [0.2, 0.25) is 5.91 Å². The molecule has 2 fully saturated rings. The van der Waals surface area contributed by atoms with Gasteiger partial charge in [0.25, 0.3) is 0 Å². The van der Waals surface area contributed by atoms with Crippen molar-refractivity contribution in [3.63, 3.8) is 0 Å². The van der Waals surface area contributed by atoms with Crippen molar-refractivity contribution in [2.24, 2.45) is 5.41 Å². The number of hydrogen-bond donors (Lipinski definition) is 1. The van der Waals surface area contributed by atoms with Crippen LogP contribution in [0.3, 0.4) is 0 Å². The molecule has 1 spiro atoms. The van der Waals surface area contributed by atoms with E-state index in [4.69, 9.17) is 0 Å². The zero-order valence-electron chi connectivity index (χ0n) is 13.4. The van der Waals surface area contributed by atoms with E-state index in [9.17, 15) is 4.79 Å². The van der Waals surface area contributed by atoms with E-state index in [0.29, 0.717) is 11.3 Å². The van der Waals surface area contributed by atoms with E-state index < -0.39 is 0 Å². The van der Waals surface area contributed by atoms with Gasteiger partial charge in [0.15, 0.2) is 0 Å². The Morgan fingerprint density at radius 2 is 1.68 bits per heavy atom. The van der Waals surface area contributed by atoms with Crippen LogP contribution in [0.5, 0.6) is 0 Å². The third-order valence-corrected chi connectivity index (χ3v) is 5.47. The number of carbonyl (C=O) groups excluding carboxylic acids is 1. The second-order valence-corrected chi connectivity index (χ2v) is 6.71. The molecule has 22 heavy (non-hydrogen) atoms.